The van der Waals surface area contributed by atoms with Gasteiger partial charge in [0.25, 0.3) is 0 Å². The van der Waals surface area contributed by atoms with Gasteiger partial charge >= 0.3 is 5.63 Å². The second-order valence-electron chi connectivity index (χ2n) is 4.76. The van der Waals surface area contributed by atoms with Gasteiger partial charge in [-0.3, -0.25) is 0 Å². The van der Waals surface area contributed by atoms with Crippen molar-refractivity contribution in [2.45, 2.75) is 33.6 Å². The smallest absolute Gasteiger partial charge is 0.339 e. The van der Waals surface area contributed by atoms with Gasteiger partial charge in [0.1, 0.15) is 5.82 Å². The molecule has 1 aromatic carbocycles. The largest absolute Gasteiger partial charge is 0.419 e. The van der Waals surface area contributed by atoms with E-state index in [1.807, 2.05) is 0 Å². The van der Waals surface area contributed by atoms with Crippen LogP contribution in [0, 0.1) is 25.5 Å². The SMILES string of the molecule is Cc1c(C)c2cc(F)c(C(C)C)c(F)c2oc1=O. The molecule has 1 heterocycles. The molecule has 1 aromatic heterocycles. The summed E-state index contributed by atoms with van der Waals surface area (Å²) in [5.74, 6) is -1.70. The predicted octanol–water partition coefficient (Wildman–Crippen LogP) is 3.81. The summed E-state index contributed by atoms with van der Waals surface area (Å²) < 4.78 is 33.0. The van der Waals surface area contributed by atoms with Gasteiger partial charge in [-0.2, -0.15) is 0 Å². The minimum Gasteiger partial charge on any atom is -0.419 e. The predicted molar refractivity (Wildman–Crippen MR) is 66.0 cm³/mol. The molecule has 0 aliphatic carbocycles. The van der Waals surface area contributed by atoms with E-state index in [2.05, 4.69) is 0 Å². The Kier molecular flexibility index (Phi) is 2.97. The first-order chi connectivity index (χ1) is 8.34. The molecule has 0 fully saturated rings. The molecule has 0 unspecified atom stereocenters. The summed E-state index contributed by atoms with van der Waals surface area (Å²) in [7, 11) is 0. The van der Waals surface area contributed by atoms with Crippen LogP contribution in [-0.4, -0.2) is 0 Å². The Morgan fingerprint density at radius 1 is 1.17 bits per heavy atom. The van der Waals surface area contributed by atoms with Crippen LogP contribution < -0.4 is 5.63 Å². The molecule has 0 radical (unpaired) electrons. The minimum absolute atomic E-state index is 0.0473. The van der Waals surface area contributed by atoms with Crippen LogP contribution in [0.5, 0.6) is 0 Å². The highest BCUT2D eigenvalue weighted by atomic mass is 19.1. The van der Waals surface area contributed by atoms with Gasteiger partial charge in [0, 0.05) is 16.5 Å². The topological polar surface area (TPSA) is 30.2 Å². The lowest BCUT2D eigenvalue weighted by Crippen LogP contribution is -2.08. The van der Waals surface area contributed by atoms with Gasteiger partial charge in [0.2, 0.25) is 0 Å². The van der Waals surface area contributed by atoms with Crippen molar-refractivity contribution in [3.05, 3.63) is 44.8 Å². The number of halogens is 2. The lowest BCUT2D eigenvalue weighted by atomic mass is 9.98. The van der Waals surface area contributed by atoms with E-state index in [-0.39, 0.29) is 17.1 Å². The lowest BCUT2D eigenvalue weighted by molar-refractivity contribution is 0.496. The standard InChI is InChI=1S/C14H14F2O2/c1-6(2)11-10(15)5-9-7(3)8(4)14(17)18-13(9)12(11)16/h5-6H,1-4H3. The summed E-state index contributed by atoms with van der Waals surface area (Å²) in [4.78, 5) is 11.5. The zero-order valence-electron chi connectivity index (χ0n) is 10.7. The third-order valence-electron chi connectivity index (χ3n) is 3.25. The highest BCUT2D eigenvalue weighted by Crippen LogP contribution is 2.30. The molecule has 0 saturated heterocycles. The van der Waals surface area contributed by atoms with E-state index in [4.69, 9.17) is 4.42 Å². The Bertz CT molecular complexity index is 684. The van der Waals surface area contributed by atoms with Crippen LogP contribution in [-0.2, 0) is 0 Å². The molecular formula is C14H14F2O2. The van der Waals surface area contributed by atoms with E-state index in [1.165, 1.54) is 6.07 Å². The van der Waals surface area contributed by atoms with E-state index >= 15 is 0 Å². The molecule has 0 spiro atoms. The van der Waals surface area contributed by atoms with Crippen LogP contribution in [0.25, 0.3) is 11.0 Å². The first kappa shape index (κ1) is 12.7. The zero-order valence-corrected chi connectivity index (χ0v) is 10.7. The van der Waals surface area contributed by atoms with Crippen molar-refractivity contribution in [2.24, 2.45) is 0 Å². The molecule has 0 aliphatic heterocycles. The molecule has 0 bridgehead atoms. The van der Waals surface area contributed by atoms with Crippen LogP contribution in [0.3, 0.4) is 0 Å². The van der Waals surface area contributed by atoms with E-state index in [9.17, 15) is 13.6 Å². The fourth-order valence-electron chi connectivity index (χ4n) is 2.05. The van der Waals surface area contributed by atoms with Crippen molar-refractivity contribution in [2.75, 3.05) is 0 Å². The van der Waals surface area contributed by atoms with E-state index in [0.29, 0.717) is 16.5 Å². The minimum atomic E-state index is -0.778. The molecule has 18 heavy (non-hydrogen) atoms. The lowest BCUT2D eigenvalue weighted by Gasteiger charge is -2.12. The van der Waals surface area contributed by atoms with Gasteiger partial charge in [0.05, 0.1) is 0 Å². The van der Waals surface area contributed by atoms with Crippen molar-refractivity contribution in [3.8, 4) is 0 Å². The third-order valence-corrected chi connectivity index (χ3v) is 3.25. The molecule has 0 atom stereocenters. The van der Waals surface area contributed by atoms with Crippen molar-refractivity contribution in [3.63, 3.8) is 0 Å². The van der Waals surface area contributed by atoms with Gasteiger partial charge in [-0.15, -0.1) is 0 Å². The Morgan fingerprint density at radius 3 is 2.33 bits per heavy atom. The van der Waals surface area contributed by atoms with Gasteiger partial charge < -0.3 is 4.42 Å². The monoisotopic (exact) mass is 252 g/mol. The first-order valence-electron chi connectivity index (χ1n) is 5.76. The third kappa shape index (κ3) is 1.72. The number of fused-ring (bicyclic) bond motifs is 1. The van der Waals surface area contributed by atoms with E-state index in [0.717, 1.165) is 0 Å². The molecule has 0 saturated carbocycles. The maximum Gasteiger partial charge on any atom is 0.339 e. The normalized spacial score (nSPS) is 11.5. The van der Waals surface area contributed by atoms with Gasteiger partial charge in [0.15, 0.2) is 11.4 Å². The summed E-state index contributed by atoms with van der Waals surface area (Å²) in [6.07, 6.45) is 0. The average Bonchev–Trinajstić information content (AvgIpc) is 2.28. The van der Waals surface area contributed by atoms with E-state index < -0.39 is 17.3 Å². The quantitative estimate of drug-likeness (QED) is 0.722. The van der Waals surface area contributed by atoms with Crippen LogP contribution in [0.1, 0.15) is 36.5 Å². The van der Waals surface area contributed by atoms with Crippen molar-refractivity contribution >= 4 is 11.0 Å². The highest BCUT2D eigenvalue weighted by molar-refractivity contribution is 5.82. The van der Waals surface area contributed by atoms with Crippen LogP contribution in [0.4, 0.5) is 8.78 Å². The van der Waals surface area contributed by atoms with Crippen LogP contribution in [0.2, 0.25) is 0 Å². The van der Waals surface area contributed by atoms with Crippen molar-refractivity contribution < 1.29 is 13.2 Å². The number of aryl methyl sites for hydroxylation is 1. The van der Waals surface area contributed by atoms with Crippen LogP contribution in [0.15, 0.2) is 15.3 Å². The zero-order chi connectivity index (χ0) is 13.6. The molecule has 2 aromatic rings. The fraction of sp³-hybridized carbons (Fsp3) is 0.357. The number of hydrogen-bond acceptors (Lipinski definition) is 2. The molecule has 0 amide bonds. The Hall–Kier alpha value is -1.71. The molecule has 0 N–H and O–H groups in total. The summed E-state index contributed by atoms with van der Waals surface area (Å²) in [5, 5.41) is 0.312. The summed E-state index contributed by atoms with van der Waals surface area (Å²) in [6.45, 7) is 6.61. The molecule has 4 heteroatoms. The number of rotatable bonds is 1. The van der Waals surface area contributed by atoms with Gasteiger partial charge in [-0.05, 0) is 31.4 Å². The second-order valence-corrected chi connectivity index (χ2v) is 4.76. The summed E-state index contributed by atoms with van der Waals surface area (Å²) in [5.41, 5.74) is 0.135. The Balaban J connectivity index is 3.01. The maximum atomic E-state index is 14.2. The highest BCUT2D eigenvalue weighted by Gasteiger charge is 2.20. The summed E-state index contributed by atoms with van der Waals surface area (Å²) >= 11 is 0. The fourth-order valence-corrected chi connectivity index (χ4v) is 2.05. The molecule has 2 rings (SSSR count). The number of benzene rings is 1. The maximum absolute atomic E-state index is 14.2. The molecule has 96 valence electrons. The van der Waals surface area contributed by atoms with Gasteiger partial charge in [-0.25, -0.2) is 13.6 Å². The van der Waals surface area contributed by atoms with Crippen LogP contribution >= 0.6 is 0 Å². The Morgan fingerprint density at radius 2 is 1.78 bits per heavy atom. The number of hydrogen-bond donors (Lipinski definition) is 0. The molecule has 2 nitrogen and oxygen atoms in total. The average molecular weight is 252 g/mol. The van der Waals surface area contributed by atoms with Crippen molar-refractivity contribution in [1.82, 2.24) is 0 Å². The first-order valence-corrected chi connectivity index (χ1v) is 5.76. The molecule has 0 aliphatic rings. The Labute approximate surface area is 103 Å². The van der Waals surface area contributed by atoms with E-state index in [1.54, 1.807) is 27.7 Å². The second kappa shape index (κ2) is 4.19. The van der Waals surface area contributed by atoms with Crippen molar-refractivity contribution in [1.29, 1.82) is 0 Å². The summed E-state index contributed by atoms with van der Waals surface area (Å²) in [6, 6.07) is 1.24. The van der Waals surface area contributed by atoms with Gasteiger partial charge in [-0.1, -0.05) is 13.8 Å². The molecular weight excluding hydrogens is 238 g/mol.